The van der Waals surface area contributed by atoms with Crippen LogP contribution >= 0.6 is 0 Å². The van der Waals surface area contributed by atoms with Crippen LogP contribution in [0.15, 0.2) is 23.8 Å². The van der Waals surface area contributed by atoms with Gasteiger partial charge in [-0.2, -0.15) is 0 Å². The summed E-state index contributed by atoms with van der Waals surface area (Å²) < 4.78 is 4.75. The van der Waals surface area contributed by atoms with Crippen LogP contribution < -0.4 is 0 Å². The zero-order chi connectivity index (χ0) is 15.3. The van der Waals surface area contributed by atoms with Crippen LogP contribution in [0.1, 0.15) is 40.0 Å². The Morgan fingerprint density at radius 1 is 1.45 bits per heavy atom. The fraction of sp³-hybridized carbons (Fsp3) is 0.625. The zero-order valence-corrected chi connectivity index (χ0v) is 12.7. The van der Waals surface area contributed by atoms with Gasteiger partial charge in [-0.25, -0.2) is 4.79 Å². The molecule has 0 aromatic carbocycles. The molecule has 0 radical (unpaired) electrons. The molecule has 0 aromatic heterocycles. The number of carbonyl (C=O) groups is 2. The average molecular weight is 280 g/mol. The lowest BCUT2D eigenvalue weighted by atomic mass is 9.84. The van der Waals surface area contributed by atoms with E-state index in [1.165, 1.54) is 7.11 Å². The molecule has 4 nitrogen and oxygen atoms in total. The summed E-state index contributed by atoms with van der Waals surface area (Å²) >= 11 is 0. The first-order valence-corrected chi connectivity index (χ1v) is 6.98. The van der Waals surface area contributed by atoms with Gasteiger partial charge in [0, 0.05) is 16.9 Å². The molecule has 1 aliphatic carbocycles. The minimum absolute atomic E-state index is 0.0618. The van der Waals surface area contributed by atoms with Gasteiger partial charge < -0.3 is 9.84 Å². The van der Waals surface area contributed by atoms with Gasteiger partial charge in [0.05, 0.1) is 13.2 Å². The van der Waals surface area contributed by atoms with Gasteiger partial charge in [0.25, 0.3) is 0 Å². The summed E-state index contributed by atoms with van der Waals surface area (Å²) in [7, 11) is 1.33. The van der Waals surface area contributed by atoms with E-state index >= 15 is 0 Å². The summed E-state index contributed by atoms with van der Waals surface area (Å²) in [6.07, 6.45) is 5.92. The maximum atomic E-state index is 11.9. The van der Waals surface area contributed by atoms with Crippen LogP contribution in [0.2, 0.25) is 0 Å². The number of ketones is 1. The summed E-state index contributed by atoms with van der Waals surface area (Å²) in [5, 5.41) is 10.3. The molecule has 1 N–H and O–H groups in total. The molecule has 0 aliphatic heterocycles. The molecule has 0 amide bonds. The quantitative estimate of drug-likeness (QED) is 0.749. The molecule has 0 spiro atoms. The van der Waals surface area contributed by atoms with Crippen molar-refractivity contribution in [1.82, 2.24) is 0 Å². The van der Waals surface area contributed by atoms with E-state index in [2.05, 4.69) is 0 Å². The minimum Gasteiger partial charge on any atom is -0.466 e. The molecule has 2 atom stereocenters. The van der Waals surface area contributed by atoms with Gasteiger partial charge in [-0.1, -0.05) is 26.8 Å². The minimum atomic E-state index is -0.839. The second-order valence-corrected chi connectivity index (χ2v) is 5.98. The maximum Gasteiger partial charge on any atom is 0.333 e. The van der Waals surface area contributed by atoms with Crippen molar-refractivity contribution in [3.63, 3.8) is 0 Å². The smallest absolute Gasteiger partial charge is 0.333 e. The molecule has 0 aromatic rings. The van der Waals surface area contributed by atoms with E-state index in [0.717, 1.165) is 6.42 Å². The van der Waals surface area contributed by atoms with Crippen LogP contribution in [-0.4, -0.2) is 30.1 Å². The maximum absolute atomic E-state index is 11.9. The van der Waals surface area contributed by atoms with E-state index < -0.39 is 17.5 Å². The Bertz CT molecular complexity index is 432. The Balaban J connectivity index is 3.10. The van der Waals surface area contributed by atoms with Crippen molar-refractivity contribution in [2.75, 3.05) is 7.11 Å². The summed E-state index contributed by atoms with van der Waals surface area (Å²) in [5.74, 6) is -0.426. The predicted molar refractivity (Wildman–Crippen MR) is 77.0 cm³/mol. The molecule has 0 fully saturated rings. The summed E-state index contributed by atoms with van der Waals surface area (Å²) in [5.41, 5.74) is -0.137. The van der Waals surface area contributed by atoms with Gasteiger partial charge in [-0.05, 0) is 31.4 Å². The third-order valence-electron chi connectivity index (χ3n) is 3.82. The second kappa shape index (κ2) is 6.84. The van der Waals surface area contributed by atoms with Gasteiger partial charge in [0.2, 0.25) is 0 Å². The largest absolute Gasteiger partial charge is 0.466 e. The molecule has 20 heavy (non-hydrogen) atoms. The fourth-order valence-corrected chi connectivity index (χ4v) is 2.09. The molecule has 0 heterocycles. The van der Waals surface area contributed by atoms with Crippen LogP contribution in [-0.2, 0) is 14.3 Å². The number of methoxy groups -OCH3 is 1. The van der Waals surface area contributed by atoms with Crippen molar-refractivity contribution in [1.29, 1.82) is 0 Å². The highest BCUT2D eigenvalue weighted by molar-refractivity contribution is 5.91. The Labute approximate surface area is 120 Å². The lowest BCUT2D eigenvalue weighted by molar-refractivity contribution is -0.136. The molecular weight excluding hydrogens is 256 g/mol. The van der Waals surface area contributed by atoms with E-state index in [4.69, 9.17) is 4.74 Å². The number of esters is 1. The van der Waals surface area contributed by atoms with Crippen molar-refractivity contribution in [3.8, 4) is 0 Å². The van der Waals surface area contributed by atoms with Crippen molar-refractivity contribution < 1.29 is 19.4 Å². The molecule has 0 saturated carbocycles. The summed E-state index contributed by atoms with van der Waals surface area (Å²) in [4.78, 5) is 23.7. The molecule has 0 bridgehead atoms. The second-order valence-electron chi connectivity index (χ2n) is 5.98. The molecule has 2 unspecified atom stereocenters. The highest BCUT2D eigenvalue weighted by Crippen LogP contribution is 2.27. The zero-order valence-electron chi connectivity index (χ0n) is 12.7. The molecule has 4 heteroatoms. The first-order chi connectivity index (χ1) is 9.27. The first kappa shape index (κ1) is 16.6. The number of rotatable bonds is 1. The SMILES string of the molecule is COC(=O)/C1=C/C(O)C(C)(C)/C=C\C(=O)C(C)CCC1. The first-order valence-electron chi connectivity index (χ1n) is 6.98. The standard InChI is InChI=1S/C16H24O4/c1-11-6-5-7-12(15(19)20-4)10-14(18)16(2,3)9-8-13(11)17/h8-11,14,18H,5-7H2,1-4H3/b9-8-,12-10+. The highest BCUT2D eigenvalue weighted by Gasteiger charge is 2.26. The van der Waals surface area contributed by atoms with Crippen molar-refractivity contribution >= 4 is 11.8 Å². The number of aliphatic hydroxyl groups excluding tert-OH is 1. The molecule has 1 aliphatic rings. The predicted octanol–water partition coefficient (Wildman–Crippen LogP) is 2.42. The summed E-state index contributed by atoms with van der Waals surface area (Å²) in [6.45, 7) is 5.54. The molecular formula is C16H24O4. The summed E-state index contributed by atoms with van der Waals surface area (Å²) in [6, 6.07) is 0. The Morgan fingerprint density at radius 3 is 2.70 bits per heavy atom. The number of allylic oxidation sites excluding steroid dienone is 1. The molecule has 0 saturated heterocycles. The van der Waals surface area contributed by atoms with E-state index in [1.54, 1.807) is 18.2 Å². The van der Waals surface area contributed by atoms with E-state index in [0.29, 0.717) is 18.4 Å². The van der Waals surface area contributed by atoms with Crippen LogP contribution in [0, 0.1) is 11.3 Å². The Kier molecular flexibility index (Phi) is 5.69. The van der Waals surface area contributed by atoms with E-state index in [-0.39, 0.29) is 11.7 Å². The highest BCUT2D eigenvalue weighted by atomic mass is 16.5. The number of carbonyl (C=O) groups excluding carboxylic acids is 2. The lowest BCUT2D eigenvalue weighted by Crippen LogP contribution is -2.26. The fourth-order valence-electron chi connectivity index (χ4n) is 2.09. The third-order valence-corrected chi connectivity index (χ3v) is 3.82. The van der Waals surface area contributed by atoms with Gasteiger partial charge in [-0.3, -0.25) is 4.79 Å². The third kappa shape index (κ3) is 4.30. The van der Waals surface area contributed by atoms with Crippen LogP contribution in [0.5, 0.6) is 0 Å². The number of hydrogen-bond acceptors (Lipinski definition) is 4. The topological polar surface area (TPSA) is 63.6 Å². The van der Waals surface area contributed by atoms with Crippen molar-refractivity contribution in [2.45, 2.75) is 46.1 Å². The van der Waals surface area contributed by atoms with E-state index in [1.807, 2.05) is 20.8 Å². The number of hydrogen-bond donors (Lipinski definition) is 1. The Morgan fingerprint density at radius 2 is 2.10 bits per heavy atom. The van der Waals surface area contributed by atoms with Crippen molar-refractivity contribution in [2.24, 2.45) is 11.3 Å². The molecule has 1 rings (SSSR count). The van der Waals surface area contributed by atoms with Gasteiger partial charge in [0.1, 0.15) is 0 Å². The number of aliphatic hydroxyl groups is 1. The lowest BCUT2D eigenvalue weighted by Gasteiger charge is -2.25. The van der Waals surface area contributed by atoms with Crippen LogP contribution in [0.4, 0.5) is 0 Å². The Hall–Kier alpha value is -1.42. The van der Waals surface area contributed by atoms with Crippen LogP contribution in [0.25, 0.3) is 0 Å². The van der Waals surface area contributed by atoms with Gasteiger partial charge in [0.15, 0.2) is 5.78 Å². The monoisotopic (exact) mass is 280 g/mol. The van der Waals surface area contributed by atoms with Gasteiger partial charge >= 0.3 is 5.97 Å². The molecule has 112 valence electrons. The normalized spacial score (nSPS) is 31.6. The number of ether oxygens (including phenoxy) is 1. The van der Waals surface area contributed by atoms with E-state index in [9.17, 15) is 14.7 Å². The van der Waals surface area contributed by atoms with Crippen LogP contribution in [0.3, 0.4) is 0 Å². The van der Waals surface area contributed by atoms with Gasteiger partial charge in [-0.15, -0.1) is 0 Å². The van der Waals surface area contributed by atoms with Crippen molar-refractivity contribution in [3.05, 3.63) is 23.8 Å². The average Bonchev–Trinajstić information content (AvgIpc) is 2.42.